The summed E-state index contributed by atoms with van der Waals surface area (Å²) in [5.41, 5.74) is 0. The Morgan fingerprint density at radius 1 is 1.52 bits per heavy atom. The van der Waals surface area contributed by atoms with Crippen LogP contribution < -0.4 is 0 Å². The van der Waals surface area contributed by atoms with Crippen LogP contribution in [0.2, 0.25) is 0 Å². The number of rotatable bonds is 6. The summed E-state index contributed by atoms with van der Waals surface area (Å²) in [4.78, 5) is 20.2. The Labute approximate surface area is 137 Å². The molecule has 0 spiro atoms. The molecular formula is C14H19FN6OS. The number of halogens is 1. The maximum absolute atomic E-state index is 13.8. The fraction of sp³-hybridized carbons (Fsp3) is 0.571. The number of likely N-dealkylation sites (N-methyl/N-ethyl adjacent to an activating group) is 1. The molecule has 1 saturated heterocycles. The van der Waals surface area contributed by atoms with Gasteiger partial charge in [-0.15, -0.1) is 16.4 Å². The molecule has 2 aromatic heterocycles. The zero-order chi connectivity index (χ0) is 16.2. The van der Waals surface area contributed by atoms with E-state index in [-0.39, 0.29) is 18.5 Å². The Balaban J connectivity index is 1.57. The summed E-state index contributed by atoms with van der Waals surface area (Å²) >= 11 is 1.57. The fourth-order valence-electron chi connectivity index (χ4n) is 2.81. The molecular weight excluding hydrogens is 319 g/mol. The lowest BCUT2D eigenvalue weighted by atomic mass is 10.2. The lowest BCUT2D eigenvalue weighted by molar-refractivity contribution is -0.131. The minimum atomic E-state index is -0.848. The van der Waals surface area contributed by atoms with Gasteiger partial charge in [-0.1, -0.05) is 5.21 Å². The fourth-order valence-corrected chi connectivity index (χ4v) is 3.45. The van der Waals surface area contributed by atoms with Crippen LogP contribution in [-0.2, 0) is 17.9 Å². The molecule has 9 heteroatoms. The zero-order valence-corrected chi connectivity index (χ0v) is 13.7. The van der Waals surface area contributed by atoms with Crippen molar-refractivity contribution in [3.8, 4) is 0 Å². The minimum Gasteiger partial charge on any atom is -0.343 e. The second kappa shape index (κ2) is 7.14. The molecule has 0 radical (unpaired) electrons. The van der Waals surface area contributed by atoms with Crippen molar-refractivity contribution in [3.05, 3.63) is 29.0 Å². The van der Waals surface area contributed by atoms with Crippen LogP contribution in [-0.4, -0.2) is 68.0 Å². The molecule has 7 nitrogen and oxygen atoms in total. The molecule has 2 aromatic rings. The Morgan fingerprint density at radius 3 is 3.09 bits per heavy atom. The topological polar surface area (TPSA) is 67.2 Å². The van der Waals surface area contributed by atoms with Gasteiger partial charge in [-0.2, -0.15) is 0 Å². The Kier molecular flexibility index (Phi) is 4.97. The molecule has 0 aromatic carbocycles. The summed E-state index contributed by atoms with van der Waals surface area (Å²) in [6.45, 7) is 1.68. The molecule has 2 atom stereocenters. The van der Waals surface area contributed by atoms with E-state index in [0.717, 1.165) is 5.01 Å². The Morgan fingerprint density at radius 2 is 2.39 bits per heavy atom. The van der Waals surface area contributed by atoms with Gasteiger partial charge in [0.05, 0.1) is 12.7 Å². The van der Waals surface area contributed by atoms with Crippen molar-refractivity contribution in [3.63, 3.8) is 0 Å². The first-order chi connectivity index (χ1) is 11.1. The molecule has 1 fully saturated rings. The van der Waals surface area contributed by atoms with Gasteiger partial charge in [0.15, 0.2) is 0 Å². The number of hydrogen-bond donors (Lipinski definition) is 0. The molecule has 1 amide bonds. The molecule has 0 unspecified atom stereocenters. The van der Waals surface area contributed by atoms with Crippen LogP contribution in [0, 0.1) is 0 Å². The quantitative estimate of drug-likeness (QED) is 0.780. The van der Waals surface area contributed by atoms with E-state index in [2.05, 4.69) is 20.2 Å². The number of nitrogens with zero attached hydrogens (tertiary/aromatic N) is 6. The summed E-state index contributed by atoms with van der Waals surface area (Å²) in [6.07, 6.45) is 4.54. The molecule has 23 heavy (non-hydrogen) atoms. The lowest BCUT2D eigenvalue weighted by Crippen LogP contribution is -2.42. The molecule has 1 aliphatic heterocycles. The number of thiazole rings is 1. The number of alkyl halides is 1. The van der Waals surface area contributed by atoms with E-state index < -0.39 is 6.17 Å². The highest BCUT2D eigenvalue weighted by atomic mass is 32.1. The number of amides is 1. The van der Waals surface area contributed by atoms with E-state index in [1.807, 2.05) is 5.38 Å². The van der Waals surface area contributed by atoms with Crippen LogP contribution in [0.15, 0.2) is 24.0 Å². The maximum Gasteiger partial charge on any atom is 0.244 e. The summed E-state index contributed by atoms with van der Waals surface area (Å²) in [5, 5.41) is 10.4. The van der Waals surface area contributed by atoms with Crippen molar-refractivity contribution in [2.45, 2.75) is 31.7 Å². The van der Waals surface area contributed by atoms with Crippen molar-refractivity contribution in [1.29, 1.82) is 0 Å². The first-order valence-corrected chi connectivity index (χ1v) is 8.34. The first-order valence-electron chi connectivity index (χ1n) is 7.46. The Hall–Kier alpha value is -1.87. The van der Waals surface area contributed by atoms with E-state index in [9.17, 15) is 9.18 Å². The van der Waals surface area contributed by atoms with Crippen LogP contribution >= 0.6 is 11.3 Å². The van der Waals surface area contributed by atoms with Crippen LogP contribution in [0.1, 0.15) is 11.4 Å². The number of likely N-dealkylation sites (tertiary alicyclic amines) is 1. The van der Waals surface area contributed by atoms with Gasteiger partial charge in [-0.25, -0.2) is 14.1 Å². The smallest absolute Gasteiger partial charge is 0.244 e. The van der Waals surface area contributed by atoms with Crippen LogP contribution in [0.4, 0.5) is 4.39 Å². The van der Waals surface area contributed by atoms with Crippen molar-refractivity contribution in [2.24, 2.45) is 0 Å². The van der Waals surface area contributed by atoms with Gasteiger partial charge in [-0.3, -0.25) is 9.69 Å². The molecule has 0 saturated carbocycles. The largest absolute Gasteiger partial charge is 0.343 e. The summed E-state index contributed by atoms with van der Waals surface area (Å²) < 4.78 is 15.3. The maximum atomic E-state index is 13.8. The van der Waals surface area contributed by atoms with Gasteiger partial charge in [0.2, 0.25) is 5.91 Å². The van der Waals surface area contributed by atoms with Gasteiger partial charge in [-0.05, 0) is 6.42 Å². The minimum absolute atomic E-state index is 0.0126. The molecule has 0 N–H and O–H groups in total. The van der Waals surface area contributed by atoms with Crippen LogP contribution in [0.5, 0.6) is 0 Å². The standard InChI is InChI=1S/C14H19FN6OS/c1-19(14(22)10-21-4-2-17-18-21)8-12-6-11(15)7-20(12)9-13-16-3-5-23-13/h2-5,11-12H,6-10H2,1H3/t11-,12-/m0/s1. The third-order valence-electron chi connectivity index (χ3n) is 3.98. The normalized spacial score (nSPS) is 21.7. The number of hydrogen-bond acceptors (Lipinski definition) is 6. The number of carbonyl (C=O) groups is 1. The highest BCUT2D eigenvalue weighted by Crippen LogP contribution is 2.24. The summed E-state index contributed by atoms with van der Waals surface area (Å²) in [7, 11) is 1.74. The average molecular weight is 338 g/mol. The van der Waals surface area contributed by atoms with E-state index in [1.54, 1.807) is 35.7 Å². The van der Waals surface area contributed by atoms with Crippen molar-refractivity contribution < 1.29 is 9.18 Å². The second-order valence-corrected chi connectivity index (χ2v) is 6.70. The predicted molar refractivity (Wildman–Crippen MR) is 83.5 cm³/mol. The third-order valence-corrected chi connectivity index (χ3v) is 4.74. The van der Waals surface area contributed by atoms with E-state index in [4.69, 9.17) is 0 Å². The highest BCUT2D eigenvalue weighted by Gasteiger charge is 2.33. The second-order valence-electron chi connectivity index (χ2n) is 5.72. The number of carbonyl (C=O) groups excluding carboxylic acids is 1. The molecule has 1 aliphatic rings. The van der Waals surface area contributed by atoms with Gasteiger partial charge in [0.25, 0.3) is 0 Å². The van der Waals surface area contributed by atoms with Crippen LogP contribution in [0.25, 0.3) is 0 Å². The van der Waals surface area contributed by atoms with Crippen molar-refractivity contribution in [2.75, 3.05) is 20.1 Å². The monoisotopic (exact) mass is 338 g/mol. The van der Waals surface area contributed by atoms with E-state index >= 15 is 0 Å². The molecule has 124 valence electrons. The zero-order valence-electron chi connectivity index (χ0n) is 12.9. The van der Waals surface area contributed by atoms with Crippen LogP contribution in [0.3, 0.4) is 0 Å². The predicted octanol–water partition coefficient (Wildman–Crippen LogP) is 0.806. The van der Waals surface area contributed by atoms with Gasteiger partial charge in [0.1, 0.15) is 17.7 Å². The summed E-state index contributed by atoms with van der Waals surface area (Å²) in [5.74, 6) is -0.0630. The van der Waals surface area contributed by atoms with E-state index in [1.165, 1.54) is 10.9 Å². The summed E-state index contributed by atoms with van der Waals surface area (Å²) in [6, 6.07) is 0.0126. The van der Waals surface area contributed by atoms with Gasteiger partial charge in [0, 0.05) is 44.0 Å². The number of aromatic nitrogens is 4. The molecule has 3 rings (SSSR count). The molecule has 3 heterocycles. The van der Waals surface area contributed by atoms with Crippen molar-refractivity contribution in [1.82, 2.24) is 29.8 Å². The highest BCUT2D eigenvalue weighted by molar-refractivity contribution is 7.09. The van der Waals surface area contributed by atoms with E-state index in [0.29, 0.717) is 26.1 Å². The van der Waals surface area contributed by atoms with Gasteiger partial charge >= 0.3 is 0 Å². The Bertz CT molecular complexity index is 619. The lowest BCUT2D eigenvalue weighted by Gasteiger charge is -2.27. The third kappa shape index (κ3) is 4.11. The first kappa shape index (κ1) is 16.0. The molecule has 0 bridgehead atoms. The average Bonchev–Trinajstić information content (AvgIpc) is 3.23. The van der Waals surface area contributed by atoms with Crippen molar-refractivity contribution >= 4 is 17.2 Å². The van der Waals surface area contributed by atoms with Gasteiger partial charge < -0.3 is 4.90 Å². The molecule has 0 aliphatic carbocycles. The SMILES string of the molecule is CN(C[C@@H]1C[C@H](F)CN1Cc1nccs1)C(=O)Cn1ccnn1.